The maximum Gasteiger partial charge on any atom is 0.303 e. The first kappa shape index (κ1) is 17.2. The SMILES string of the molecule is CC/C=C/C[C@@H]1[C@@H](CCCCCC(=O)O)[C@@H](O)C[C@H]1O. The Balaban J connectivity index is 2.35. The molecule has 116 valence electrons. The molecular weight excluding hydrogens is 256 g/mol. The highest BCUT2D eigenvalue weighted by molar-refractivity contribution is 5.66. The van der Waals surface area contributed by atoms with Crippen molar-refractivity contribution in [2.45, 2.75) is 70.5 Å². The summed E-state index contributed by atoms with van der Waals surface area (Å²) in [5.41, 5.74) is 0. The Hall–Kier alpha value is -0.870. The molecule has 4 heteroatoms. The molecule has 0 bridgehead atoms. The molecule has 20 heavy (non-hydrogen) atoms. The van der Waals surface area contributed by atoms with Gasteiger partial charge in [-0.25, -0.2) is 0 Å². The van der Waals surface area contributed by atoms with Crippen LogP contribution < -0.4 is 0 Å². The van der Waals surface area contributed by atoms with E-state index in [0.717, 1.165) is 32.1 Å². The summed E-state index contributed by atoms with van der Waals surface area (Å²) < 4.78 is 0. The van der Waals surface area contributed by atoms with E-state index in [2.05, 4.69) is 19.1 Å². The van der Waals surface area contributed by atoms with Crippen LogP contribution in [0.3, 0.4) is 0 Å². The summed E-state index contributed by atoms with van der Waals surface area (Å²) in [6, 6.07) is 0. The molecule has 0 saturated heterocycles. The summed E-state index contributed by atoms with van der Waals surface area (Å²) in [5.74, 6) is -0.451. The maximum absolute atomic E-state index is 10.4. The number of aliphatic carboxylic acids is 1. The molecule has 4 nitrogen and oxygen atoms in total. The van der Waals surface area contributed by atoms with Crippen LogP contribution in [0.4, 0.5) is 0 Å². The average Bonchev–Trinajstić information content (AvgIpc) is 2.64. The van der Waals surface area contributed by atoms with Crippen LogP contribution in [-0.2, 0) is 4.79 Å². The van der Waals surface area contributed by atoms with E-state index < -0.39 is 18.2 Å². The molecule has 1 saturated carbocycles. The van der Waals surface area contributed by atoms with Crippen molar-refractivity contribution in [2.24, 2.45) is 11.8 Å². The monoisotopic (exact) mass is 284 g/mol. The van der Waals surface area contributed by atoms with E-state index in [1.165, 1.54) is 0 Å². The summed E-state index contributed by atoms with van der Waals surface area (Å²) in [6.07, 6.45) is 9.27. The molecule has 0 aromatic heterocycles. The summed E-state index contributed by atoms with van der Waals surface area (Å²) >= 11 is 0. The third-order valence-electron chi connectivity index (χ3n) is 4.26. The van der Waals surface area contributed by atoms with Gasteiger partial charge in [-0.3, -0.25) is 4.79 Å². The van der Waals surface area contributed by atoms with Gasteiger partial charge in [0, 0.05) is 6.42 Å². The Morgan fingerprint density at radius 3 is 2.45 bits per heavy atom. The van der Waals surface area contributed by atoms with Gasteiger partial charge in [-0.05, 0) is 43.9 Å². The first-order valence-corrected chi connectivity index (χ1v) is 7.79. The van der Waals surface area contributed by atoms with Crippen molar-refractivity contribution in [3.8, 4) is 0 Å². The number of aliphatic hydroxyl groups is 2. The van der Waals surface area contributed by atoms with Crippen molar-refractivity contribution in [3.05, 3.63) is 12.2 Å². The van der Waals surface area contributed by atoms with E-state index in [-0.39, 0.29) is 18.3 Å². The largest absolute Gasteiger partial charge is 0.481 e. The quantitative estimate of drug-likeness (QED) is 0.449. The fraction of sp³-hybridized carbons (Fsp3) is 0.812. The molecule has 1 aliphatic rings. The van der Waals surface area contributed by atoms with Gasteiger partial charge in [0.1, 0.15) is 0 Å². The molecule has 0 heterocycles. The first-order valence-electron chi connectivity index (χ1n) is 7.79. The number of hydrogen-bond donors (Lipinski definition) is 3. The van der Waals surface area contributed by atoms with Crippen molar-refractivity contribution in [1.29, 1.82) is 0 Å². The van der Waals surface area contributed by atoms with Crippen LogP contribution in [0, 0.1) is 11.8 Å². The van der Waals surface area contributed by atoms with E-state index in [0.29, 0.717) is 12.8 Å². The van der Waals surface area contributed by atoms with Crippen LogP contribution in [0.25, 0.3) is 0 Å². The van der Waals surface area contributed by atoms with Crippen LogP contribution in [0.2, 0.25) is 0 Å². The minimum atomic E-state index is -0.746. The smallest absolute Gasteiger partial charge is 0.303 e. The molecule has 0 amide bonds. The van der Waals surface area contributed by atoms with Gasteiger partial charge in [-0.15, -0.1) is 0 Å². The lowest BCUT2D eigenvalue weighted by molar-refractivity contribution is -0.137. The number of aliphatic hydroxyl groups excluding tert-OH is 2. The number of carboxylic acids is 1. The van der Waals surface area contributed by atoms with E-state index in [9.17, 15) is 15.0 Å². The lowest BCUT2D eigenvalue weighted by atomic mass is 9.86. The molecule has 0 aliphatic heterocycles. The molecule has 0 aromatic rings. The highest BCUT2D eigenvalue weighted by atomic mass is 16.4. The molecule has 3 N–H and O–H groups in total. The summed E-state index contributed by atoms with van der Waals surface area (Å²) in [7, 11) is 0. The van der Waals surface area contributed by atoms with Gasteiger partial charge in [-0.2, -0.15) is 0 Å². The first-order chi connectivity index (χ1) is 9.56. The van der Waals surface area contributed by atoms with E-state index in [1.807, 2.05) is 0 Å². The lowest BCUT2D eigenvalue weighted by Crippen LogP contribution is -2.21. The second-order valence-corrected chi connectivity index (χ2v) is 5.81. The fourth-order valence-corrected chi connectivity index (χ4v) is 3.16. The van der Waals surface area contributed by atoms with Crippen LogP contribution in [-0.4, -0.2) is 33.5 Å². The van der Waals surface area contributed by atoms with E-state index in [1.54, 1.807) is 0 Å². The zero-order valence-electron chi connectivity index (χ0n) is 12.4. The number of carbonyl (C=O) groups is 1. The van der Waals surface area contributed by atoms with Gasteiger partial charge < -0.3 is 15.3 Å². The highest BCUT2D eigenvalue weighted by Gasteiger charge is 2.40. The Bertz CT molecular complexity index is 314. The van der Waals surface area contributed by atoms with Gasteiger partial charge in [-0.1, -0.05) is 31.9 Å². The summed E-state index contributed by atoms with van der Waals surface area (Å²) in [4.78, 5) is 10.4. The van der Waals surface area contributed by atoms with Gasteiger partial charge in [0.2, 0.25) is 0 Å². The van der Waals surface area contributed by atoms with Gasteiger partial charge in [0.05, 0.1) is 12.2 Å². The molecule has 1 rings (SSSR count). The maximum atomic E-state index is 10.4. The number of hydrogen-bond acceptors (Lipinski definition) is 3. The Morgan fingerprint density at radius 2 is 1.80 bits per heavy atom. The van der Waals surface area contributed by atoms with Crippen molar-refractivity contribution in [3.63, 3.8) is 0 Å². The number of allylic oxidation sites excluding steroid dienone is 2. The van der Waals surface area contributed by atoms with Crippen LogP contribution in [0.5, 0.6) is 0 Å². The van der Waals surface area contributed by atoms with Gasteiger partial charge >= 0.3 is 5.97 Å². The summed E-state index contributed by atoms with van der Waals surface area (Å²) in [5, 5.41) is 28.7. The predicted octanol–water partition coefficient (Wildman–Crippen LogP) is 2.74. The normalized spacial score (nSPS) is 30.1. The predicted molar refractivity (Wildman–Crippen MR) is 78.4 cm³/mol. The molecule has 1 fully saturated rings. The third-order valence-corrected chi connectivity index (χ3v) is 4.26. The van der Waals surface area contributed by atoms with Crippen molar-refractivity contribution in [1.82, 2.24) is 0 Å². The zero-order valence-corrected chi connectivity index (χ0v) is 12.4. The Morgan fingerprint density at radius 1 is 1.10 bits per heavy atom. The topological polar surface area (TPSA) is 77.8 Å². The third kappa shape index (κ3) is 5.63. The number of unbranched alkanes of at least 4 members (excludes halogenated alkanes) is 2. The van der Waals surface area contributed by atoms with Crippen molar-refractivity contribution >= 4 is 5.97 Å². The molecule has 0 spiro atoms. The molecule has 0 radical (unpaired) electrons. The molecule has 0 aromatic carbocycles. The van der Waals surface area contributed by atoms with Crippen LogP contribution in [0.1, 0.15) is 58.3 Å². The standard InChI is InChI=1S/C16H28O4/c1-2-3-5-8-12-13(15(18)11-14(12)17)9-6-4-7-10-16(19)20/h3,5,12-15,17-18H,2,4,6-11H2,1H3,(H,19,20)/b5-3+/t12-,13-,14-,15+/m1/s1. The lowest BCUT2D eigenvalue weighted by Gasteiger charge is -2.22. The minimum absolute atomic E-state index is 0.146. The van der Waals surface area contributed by atoms with Crippen LogP contribution >= 0.6 is 0 Å². The summed E-state index contributed by atoms with van der Waals surface area (Å²) in [6.45, 7) is 2.08. The van der Waals surface area contributed by atoms with E-state index in [4.69, 9.17) is 5.11 Å². The number of rotatable bonds is 9. The van der Waals surface area contributed by atoms with Gasteiger partial charge in [0.15, 0.2) is 0 Å². The van der Waals surface area contributed by atoms with Crippen molar-refractivity contribution < 1.29 is 20.1 Å². The number of carboxylic acid groups (broad SMARTS) is 1. The zero-order chi connectivity index (χ0) is 15.0. The van der Waals surface area contributed by atoms with E-state index >= 15 is 0 Å². The molecule has 0 unspecified atom stereocenters. The average molecular weight is 284 g/mol. The molecular formula is C16H28O4. The second kappa shape index (κ2) is 9.14. The molecule has 1 aliphatic carbocycles. The Labute approximate surface area is 121 Å². The minimum Gasteiger partial charge on any atom is -0.481 e. The van der Waals surface area contributed by atoms with Crippen molar-refractivity contribution in [2.75, 3.05) is 0 Å². The highest BCUT2D eigenvalue weighted by Crippen LogP contribution is 2.38. The molecule has 4 atom stereocenters. The fourth-order valence-electron chi connectivity index (χ4n) is 3.16. The Kier molecular flexibility index (Phi) is 7.85. The van der Waals surface area contributed by atoms with Crippen LogP contribution in [0.15, 0.2) is 12.2 Å². The second-order valence-electron chi connectivity index (χ2n) is 5.81. The van der Waals surface area contributed by atoms with Gasteiger partial charge in [0.25, 0.3) is 0 Å².